The first kappa shape index (κ1) is 12.9. The van der Waals surface area contributed by atoms with Gasteiger partial charge in [0.25, 0.3) is 0 Å². The van der Waals surface area contributed by atoms with Crippen molar-refractivity contribution in [1.29, 1.82) is 0 Å². The number of amides is 1. The average molecular weight is 201 g/mol. The molecule has 0 bridgehead atoms. The second kappa shape index (κ2) is 6.40. The minimum absolute atomic E-state index is 0.0495. The summed E-state index contributed by atoms with van der Waals surface area (Å²) >= 11 is 0. The van der Waals surface area contributed by atoms with Gasteiger partial charge in [0.15, 0.2) is 0 Å². The van der Waals surface area contributed by atoms with Crippen LogP contribution in [0.3, 0.4) is 0 Å². The quantitative estimate of drug-likeness (QED) is 0.682. The lowest BCUT2D eigenvalue weighted by molar-refractivity contribution is -0.138. The summed E-state index contributed by atoms with van der Waals surface area (Å²) in [6.07, 6.45) is 1.23. The first-order chi connectivity index (χ1) is 6.45. The maximum absolute atomic E-state index is 11.3. The first-order valence-electron chi connectivity index (χ1n) is 4.96. The van der Waals surface area contributed by atoms with Crippen LogP contribution in [-0.4, -0.2) is 23.0 Å². The lowest BCUT2D eigenvalue weighted by Gasteiger charge is -2.13. The zero-order valence-corrected chi connectivity index (χ0v) is 9.04. The standard InChI is InChI=1S/C10H19NO3/c1-4-8(3)11-9(12)5-7(2)6-10(13)14/h7-8H,4-6H2,1-3H3,(H,11,12)(H,13,14). The Bertz CT molecular complexity index is 204. The molecule has 2 N–H and O–H groups in total. The third-order valence-corrected chi connectivity index (χ3v) is 2.08. The monoisotopic (exact) mass is 201 g/mol. The van der Waals surface area contributed by atoms with Crippen LogP contribution in [0.15, 0.2) is 0 Å². The molecule has 4 nitrogen and oxygen atoms in total. The number of hydrogen-bond donors (Lipinski definition) is 2. The van der Waals surface area contributed by atoms with Gasteiger partial charge in [0.2, 0.25) is 5.91 Å². The van der Waals surface area contributed by atoms with E-state index in [0.717, 1.165) is 6.42 Å². The Morgan fingerprint density at radius 2 is 1.86 bits per heavy atom. The number of carbonyl (C=O) groups excluding carboxylic acids is 1. The van der Waals surface area contributed by atoms with Crippen molar-refractivity contribution >= 4 is 11.9 Å². The van der Waals surface area contributed by atoms with Crippen molar-refractivity contribution in [3.8, 4) is 0 Å². The van der Waals surface area contributed by atoms with E-state index in [1.165, 1.54) is 0 Å². The van der Waals surface area contributed by atoms with Gasteiger partial charge in [-0.15, -0.1) is 0 Å². The van der Waals surface area contributed by atoms with Crippen molar-refractivity contribution in [3.05, 3.63) is 0 Å². The van der Waals surface area contributed by atoms with Crippen molar-refractivity contribution in [1.82, 2.24) is 5.32 Å². The Labute approximate surface area is 84.7 Å². The van der Waals surface area contributed by atoms with Gasteiger partial charge >= 0.3 is 5.97 Å². The molecule has 0 aliphatic carbocycles. The van der Waals surface area contributed by atoms with E-state index in [2.05, 4.69) is 5.32 Å². The molecule has 0 fully saturated rings. The first-order valence-corrected chi connectivity index (χ1v) is 4.96. The molecule has 0 aromatic rings. The maximum Gasteiger partial charge on any atom is 0.303 e. The van der Waals surface area contributed by atoms with Gasteiger partial charge in [-0.1, -0.05) is 13.8 Å². The van der Waals surface area contributed by atoms with Crippen LogP contribution in [-0.2, 0) is 9.59 Å². The van der Waals surface area contributed by atoms with E-state index >= 15 is 0 Å². The zero-order chi connectivity index (χ0) is 11.1. The molecule has 4 heteroatoms. The SMILES string of the molecule is CCC(C)NC(=O)CC(C)CC(=O)O. The highest BCUT2D eigenvalue weighted by Crippen LogP contribution is 2.07. The van der Waals surface area contributed by atoms with Gasteiger partial charge in [0.05, 0.1) is 0 Å². The minimum Gasteiger partial charge on any atom is -0.481 e. The molecule has 1 amide bonds. The molecule has 0 aliphatic heterocycles. The molecule has 0 radical (unpaired) electrons. The molecule has 0 heterocycles. The minimum atomic E-state index is -0.853. The van der Waals surface area contributed by atoms with Crippen LogP contribution in [0.25, 0.3) is 0 Å². The van der Waals surface area contributed by atoms with Gasteiger partial charge in [-0.05, 0) is 19.3 Å². The van der Waals surface area contributed by atoms with E-state index in [-0.39, 0.29) is 30.7 Å². The molecule has 0 aliphatic rings. The van der Waals surface area contributed by atoms with E-state index in [4.69, 9.17) is 5.11 Å². The largest absolute Gasteiger partial charge is 0.481 e. The highest BCUT2D eigenvalue weighted by molar-refractivity contribution is 5.77. The summed E-state index contributed by atoms with van der Waals surface area (Å²) in [5.41, 5.74) is 0. The van der Waals surface area contributed by atoms with Gasteiger partial charge in [0, 0.05) is 18.9 Å². The normalized spacial score (nSPS) is 14.5. The molecule has 0 saturated heterocycles. The Morgan fingerprint density at radius 3 is 2.29 bits per heavy atom. The molecule has 14 heavy (non-hydrogen) atoms. The number of nitrogens with one attached hydrogen (secondary N) is 1. The van der Waals surface area contributed by atoms with Gasteiger partial charge in [-0.3, -0.25) is 9.59 Å². The molecule has 0 spiro atoms. The molecular weight excluding hydrogens is 182 g/mol. The summed E-state index contributed by atoms with van der Waals surface area (Å²) in [6.45, 7) is 5.69. The van der Waals surface area contributed by atoms with Crippen molar-refractivity contribution in [2.24, 2.45) is 5.92 Å². The van der Waals surface area contributed by atoms with Crippen LogP contribution < -0.4 is 5.32 Å². The molecule has 0 rings (SSSR count). The number of aliphatic carboxylic acids is 1. The topological polar surface area (TPSA) is 66.4 Å². The van der Waals surface area contributed by atoms with Gasteiger partial charge in [0.1, 0.15) is 0 Å². The van der Waals surface area contributed by atoms with E-state index in [1.54, 1.807) is 6.92 Å². The molecule has 0 aromatic heterocycles. The lowest BCUT2D eigenvalue weighted by atomic mass is 10.0. The Hall–Kier alpha value is -1.06. The number of carboxylic acids is 1. The zero-order valence-electron chi connectivity index (χ0n) is 9.04. The number of hydrogen-bond acceptors (Lipinski definition) is 2. The van der Waals surface area contributed by atoms with Crippen LogP contribution in [0.5, 0.6) is 0 Å². The highest BCUT2D eigenvalue weighted by Gasteiger charge is 2.13. The summed E-state index contributed by atoms with van der Waals surface area (Å²) in [5, 5.41) is 11.3. The second-order valence-electron chi connectivity index (χ2n) is 3.78. The van der Waals surface area contributed by atoms with Crippen molar-refractivity contribution in [3.63, 3.8) is 0 Å². The van der Waals surface area contributed by atoms with Crippen LogP contribution in [0.4, 0.5) is 0 Å². The second-order valence-corrected chi connectivity index (χ2v) is 3.78. The van der Waals surface area contributed by atoms with Gasteiger partial charge in [-0.25, -0.2) is 0 Å². The fraction of sp³-hybridized carbons (Fsp3) is 0.800. The Morgan fingerprint density at radius 1 is 1.29 bits per heavy atom. The van der Waals surface area contributed by atoms with E-state index in [9.17, 15) is 9.59 Å². The predicted octanol–water partition coefficient (Wildman–Crippen LogP) is 1.40. The van der Waals surface area contributed by atoms with E-state index < -0.39 is 5.97 Å². The van der Waals surface area contributed by atoms with Gasteiger partial charge in [-0.2, -0.15) is 0 Å². The van der Waals surface area contributed by atoms with Crippen LogP contribution >= 0.6 is 0 Å². The molecular formula is C10H19NO3. The fourth-order valence-electron chi connectivity index (χ4n) is 1.12. The number of carbonyl (C=O) groups is 2. The van der Waals surface area contributed by atoms with Crippen molar-refractivity contribution in [2.75, 3.05) is 0 Å². The van der Waals surface area contributed by atoms with Gasteiger partial charge < -0.3 is 10.4 Å². The van der Waals surface area contributed by atoms with E-state index in [0.29, 0.717) is 0 Å². The van der Waals surface area contributed by atoms with Crippen LogP contribution in [0.2, 0.25) is 0 Å². The molecule has 82 valence electrons. The summed E-state index contributed by atoms with van der Waals surface area (Å²) in [7, 11) is 0. The third kappa shape index (κ3) is 6.46. The Balaban J connectivity index is 3.76. The summed E-state index contributed by atoms with van der Waals surface area (Å²) in [6, 6.07) is 0.166. The summed E-state index contributed by atoms with van der Waals surface area (Å²) in [4.78, 5) is 21.6. The molecule has 0 saturated carbocycles. The molecule has 0 aromatic carbocycles. The Kier molecular flexibility index (Phi) is 5.92. The van der Waals surface area contributed by atoms with Crippen molar-refractivity contribution in [2.45, 2.75) is 46.1 Å². The smallest absolute Gasteiger partial charge is 0.303 e. The van der Waals surface area contributed by atoms with E-state index in [1.807, 2.05) is 13.8 Å². The average Bonchev–Trinajstić information content (AvgIpc) is 2.01. The lowest BCUT2D eigenvalue weighted by Crippen LogP contribution is -2.33. The summed E-state index contributed by atoms with van der Waals surface area (Å²) < 4.78 is 0. The van der Waals surface area contributed by atoms with Crippen LogP contribution in [0, 0.1) is 5.92 Å². The number of carboxylic acid groups (broad SMARTS) is 1. The molecule has 2 atom stereocenters. The number of rotatable bonds is 6. The maximum atomic E-state index is 11.3. The fourth-order valence-corrected chi connectivity index (χ4v) is 1.12. The third-order valence-electron chi connectivity index (χ3n) is 2.08. The molecule has 2 unspecified atom stereocenters. The summed E-state index contributed by atoms with van der Waals surface area (Å²) in [5.74, 6) is -1.02. The highest BCUT2D eigenvalue weighted by atomic mass is 16.4. The van der Waals surface area contributed by atoms with Crippen molar-refractivity contribution < 1.29 is 14.7 Å². The predicted molar refractivity (Wildman–Crippen MR) is 53.9 cm³/mol. The van der Waals surface area contributed by atoms with Crippen LogP contribution in [0.1, 0.15) is 40.0 Å².